The van der Waals surface area contributed by atoms with Crippen molar-refractivity contribution in [3.63, 3.8) is 0 Å². The van der Waals surface area contributed by atoms with Crippen LogP contribution in [0.25, 0.3) is 11.0 Å². The fourth-order valence-electron chi connectivity index (χ4n) is 3.04. The lowest BCUT2D eigenvalue weighted by Gasteiger charge is -2.10. The molecule has 2 rings (SSSR count). The molecule has 0 fully saturated rings. The minimum atomic E-state index is -0.399. The molecule has 0 radical (unpaired) electrons. The molecule has 0 aliphatic carbocycles. The van der Waals surface area contributed by atoms with E-state index in [0.717, 1.165) is 35.1 Å². The van der Waals surface area contributed by atoms with E-state index in [2.05, 4.69) is 6.92 Å². The van der Waals surface area contributed by atoms with Crippen LogP contribution < -0.4 is 0 Å². The SMILES string of the molecule is CCCCCCCCCC(O)c1c(C)oc2ccccc12. The molecule has 1 N–H and O–H groups in total. The standard InChI is InChI=1S/C19H28O2/c1-3-4-5-6-7-8-9-13-17(20)19-15(2)21-18-14-11-10-12-16(18)19/h10-12,14,17,20H,3-9,13H2,1-2H3. The second-order valence-corrected chi connectivity index (χ2v) is 5.99. The maximum Gasteiger partial charge on any atom is 0.134 e. The molecule has 0 saturated heterocycles. The van der Waals surface area contributed by atoms with Crippen LogP contribution in [0.1, 0.15) is 75.7 Å². The number of rotatable bonds is 9. The van der Waals surface area contributed by atoms with E-state index in [4.69, 9.17) is 4.42 Å². The lowest BCUT2D eigenvalue weighted by atomic mass is 9.99. The summed E-state index contributed by atoms with van der Waals surface area (Å²) in [5.41, 5.74) is 1.86. The minimum Gasteiger partial charge on any atom is -0.461 e. The van der Waals surface area contributed by atoms with Crippen molar-refractivity contribution >= 4 is 11.0 Å². The average molecular weight is 288 g/mol. The molecular weight excluding hydrogens is 260 g/mol. The highest BCUT2D eigenvalue weighted by molar-refractivity contribution is 5.82. The van der Waals surface area contributed by atoms with Crippen molar-refractivity contribution in [2.75, 3.05) is 0 Å². The molecule has 1 aromatic heterocycles. The number of para-hydroxylation sites is 1. The zero-order valence-corrected chi connectivity index (χ0v) is 13.4. The van der Waals surface area contributed by atoms with Crippen LogP contribution in [0.15, 0.2) is 28.7 Å². The van der Waals surface area contributed by atoms with Crippen molar-refractivity contribution in [3.8, 4) is 0 Å². The van der Waals surface area contributed by atoms with Gasteiger partial charge < -0.3 is 9.52 Å². The molecule has 1 heterocycles. The van der Waals surface area contributed by atoms with Crippen molar-refractivity contribution in [1.82, 2.24) is 0 Å². The summed E-state index contributed by atoms with van der Waals surface area (Å²) in [4.78, 5) is 0. The average Bonchev–Trinajstić information content (AvgIpc) is 2.82. The van der Waals surface area contributed by atoms with E-state index >= 15 is 0 Å². The molecule has 116 valence electrons. The van der Waals surface area contributed by atoms with E-state index in [1.807, 2.05) is 31.2 Å². The highest BCUT2D eigenvalue weighted by atomic mass is 16.3. The van der Waals surface area contributed by atoms with Gasteiger partial charge in [0.1, 0.15) is 11.3 Å². The van der Waals surface area contributed by atoms with E-state index in [0.29, 0.717) is 0 Å². The van der Waals surface area contributed by atoms with Gasteiger partial charge in [0.25, 0.3) is 0 Å². The molecule has 2 aromatic rings. The molecule has 21 heavy (non-hydrogen) atoms. The molecule has 1 atom stereocenters. The molecule has 1 unspecified atom stereocenters. The van der Waals surface area contributed by atoms with Crippen molar-refractivity contribution in [2.24, 2.45) is 0 Å². The molecule has 0 aliphatic heterocycles. The first-order valence-electron chi connectivity index (χ1n) is 8.40. The Hall–Kier alpha value is -1.28. The van der Waals surface area contributed by atoms with Crippen molar-refractivity contribution in [3.05, 3.63) is 35.6 Å². The van der Waals surface area contributed by atoms with E-state index in [9.17, 15) is 5.11 Å². The van der Waals surface area contributed by atoms with Crippen LogP contribution in [0, 0.1) is 6.92 Å². The third kappa shape index (κ3) is 4.34. The Bertz CT molecular complexity index is 541. The summed E-state index contributed by atoms with van der Waals surface area (Å²) < 4.78 is 5.73. The zero-order chi connectivity index (χ0) is 15.1. The van der Waals surface area contributed by atoms with Gasteiger partial charge in [0.05, 0.1) is 6.10 Å². The largest absolute Gasteiger partial charge is 0.461 e. The number of benzene rings is 1. The summed E-state index contributed by atoms with van der Waals surface area (Å²) in [7, 11) is 0. The minimum absolute atomic E-state index is 0.399. The number of hydrogen-bond donors (Lipinski definition) is 1. The molecule has 0 amide bonds. The Balaban J connectivity index is 1.82. The van der Waals surface area contributed by atoms with Gasteiger partial charge in [-0.05, 0) is 19.4 Å². The first-order valence-corrected chi connectivity index (χ1v) is 8.40. The Morgan fingerprint density at radius 2 is 1.67 bits per heavy atom. The number of aliphatic hydroxyl groups excluding tert-OH is 1. The van der Waals surface area contributed by atoms with Gasteiger partial charge in [-0.2, -0.15) is 0 Å². The number of aliphatic hydroxyl groups is 1. The fourth-order valence-corrected chi connectivity index (χ4v) is 3.04. The Morgan fingerprint density at radius 3 is 2.43 bits per heavy atom. The maximum absolute atomic E-state index is 10.5. The van der Waals surface area contributed by atoms with Crippen LogP contribution in [0.5, 0.6) is 0 Å². The molecule has 0 bridgehead atoms. The predicted octanol–water partition coefficient (Wildman–Crippen LogP) is 5.92. The third-order valence-corrected chi connectivity index (χ3v) is 4.23. The second-order valence-electron chi connectivity index (χ2n) is 5.99. The van der Waals surface area contributed by atoms with Gasteiger partial charge >= 0.3 is 0 Å². The van der Waals surface area contributed by atoms with Gasteiger partial charge in [0.2, 0.25) is 0 Å². The van der Waals surface area contributed by atoms with Crippen LogP contribution in [-0.4, -0.2) is 5.11 Å². The van der Waals surface area contributed by atoms with Gasteiger partial charge in [-0.1, -0.05) is 70.1 Å². The van der Waals surface area contributed by atoms with Gasteiger partial charge in [0.15, 0.2) is 0 Å². The van der Waals surface area contributed by atoms with Crippen LogP contribution >= 0.6 is 0 Å². The molecule has 0 saturated carbocycles. The monoisotopic (exact) mass is 288 g/mol. The molecule has 1 aromatic carbocycles. The van der Waals surface area contributed by atoms with E-state index in [1.54, 1.807) is 0 Å². The van der Waals surface area contributed by atoms with Gasteiger partial charge in [-0.15, -0.1) is 0 Å². The predicted molar refractivity (Wildman–Crippen MR) is 88.5 cm³/mol. The quantitative estimate of drug-likeness (QED) is 0.581. The number of unbranched alkanes of at least 4 members (excludes halogenated alkanes) is 6. The Labute approximate surface area is 128 Å². The van der Waals surface area contributed by atoms with E-state index in [1.165, 1.54) is 38.5 Å². The highest BCUT2D eigenvalue weighted by Gasteiger charge is 2.17. The fraction of sp³-hybridized carbons (Fsp3) is 0.579. The summed E-state index contributed by atoms with van der Waals surface area (Å²) in [6.45, 7) is 4.19. The lowest BCUT2D eigenvalue weighted by Crippen LogP contribution is -1.98. The Morgan fingerprint density at radius 1 is 1.00 bits per heavy atom. The van der Waals surface area contributed by atoms with Gasteiger partial charge in [-0.3, -0.25) is 0 Å². The number of furan rings is 1. The molecular formula is C19H28O2. The topological polar surface area (TPSA) is 33.4 Å². The lowest BCUT2D eigenvalue weighted by molar-refractivity contribution is 0.162. The molecule has 2 heteroatoms. The number of aryl methyl sites for hydroxylation is 1. The summed E-state index contributed by atoms with van der Waals surface area (Å²) >= 11 is 0. The van der Waals surface area contributed by atoms with Crippen LogP contribution in [0.3, 0.4) is 0 Å². The summed E-state index contributed by atoms with van der Waals surface area (Å²) in [6.07, 6.45) is 9.36. The summed E-state index contributed by atoms with van der Waals surface area (Å²) in [5.74, 6) is 0.853. The van der Waals surface area contributed by atoms with Gasteiger partial charge in [-0.25, -0.2) is 0 Å². The number of fused-ring (bicyclic) bond motifs is 1. The van der Waals surface area contributed by atoms with Crippen LogP contribution in [0.2, 0.25) is 0 Å². The van der Waals surface area contributed by atoms with Crippen molar-refractivity contribution in [2.45, 2.75) is 71.3 Å². The molecule has 2 nitrogen and oxygen atoms in total. The van der Waals surface area contributed by atoms with E-state index in [-0.39, 0.29) is 0 Å². The normalized spacial score (nSPS) is 12.9. The smallest absolute Gasteiger partial charge is 0.134 e. The summed E-state index contributed by atoms with van der Waals surface area (Å²) in [5, 5.41) is 11.5. The first-order chi connectivity index (χ1) is 10.2. The Kier molecular flexibility index (Phi) is 6.31. The highest BCUT2D eigenvalue weighted by Crippen LogP contribution is 2.32. The first kappa shape index (κ1) is 16.1. The number of hydrogen-bond acceptors (Lipinski definition) is 2. The van der Waals surface area contributed by atoms with Crippen molar-refractivity contribution < 1.29 is 9.52 Å². The van der Waals surface area contributed by atoms with E-state index < -0.39 is 6.10 Å². The zero-order valence-electron chi connectivity index (χ0n) is 13.4. The molecule has 0 spiro atoms. The summed E-state index contributed by atoms with van der Waals surface area (Å²) in [6, 6.07) is 7.97. The maximum atomic E-state index is 10.5. The van der Waals surface area contributed by atoms with Gasteiger partial charge in [0, 0.05) is 10.9 Å². The third-order valence-electron chi connectivity index (χ3n) is 4.23. The van der Waals surface area contributed by atoms with Crippen LogP contribution in [-0.2, 0) is 0 Å². The van der Waals surface area contributed by atoms with Crippen LogP contribution in [0.4, 0.5) is 0 Å². The van der Waals surface area contributed by atoms with Crippen molar-refractivity contribution in [1.29, 1.82) is 0 Å². The molecule has 0 aliphatic rings. The second kappa shape index (κ2) is 8.23.